The molecular formula is C22H29FN4O2S. The third-order valence-electron chi connectivity index (χ3n) is 6.00. The van der Waals surface area contributed by atoms with E-state index in [0.717, 1.165) is 36.6 Å². The van der Waals surface area contributed by atoms with Crippen molar-refractivity contribution in [2.75, 3.05) is 61.9 Å². The molecule has 0 amide bonds. The molecule has 2 aromatic carbocycles. The van der Waals surface area contributed by atoms with Crippen LogP contribution < -0.4 is 9.80 Å². The number of hydrogen-bond acceptors (Lipinski definition) is 5. The molecule has 0 atom stereocenters. The van der Waals surface area contributed by atoms with Crippen molar-refractivity contribution in [3.8, 4) is 0 Å². The van der Waals surface area contributed by atoms with Crippen LogP contribution in [0.4, 0.5) is 21.5 Å². The molecule has 1 saturated heterocycles. The Morgan fingerprint density at radius 1 is 0.933 bits per heavy atom. The zero-order valence-corrected chi connectivity index (χ0v) is 18.4. The van der Waals surface area contributed by atoms with Crippen LogP contribution in [-0.2, 0) is 16.6 Å². The molecule has 162 valence electrons. The number of sulfonamides is 1. The highest BCUT2D eigenvalue weighted by molar-refractivity contribution is 7.89. The second-order valence-electron chi connectivity index (χ2n) is 7.94. The average Bonchev–Trinajstić information content (AvgIpc) is 2.92. The number of para-hydroxylation sites is 1. The second-order valence-corrected chi connectivity index (χ2v) is 10.2. The molecule has 2 aliphatic rings. The van der Waals surface area contributed by atoms with E-state index in [1.807, 2.05) is 12.1 Å². The highest BCUT2D eigenvalue weighted by Gasteiger charge is 2.27. The molecule has 0 saturated carbocycles. The molecule has 0 aromatic heterocycles. The van der Waals surface area contributed by atoms with Crippen molar-refractivity contribution in [1.29, 1.82) is 0 Å². The summed E-state index contributed by atoms with van der Waals surface area (Å²) in [5.41, 5.74) is 3.87. The molecule has 30 heavy (non-hydrogen) atoms. The Hall–Kier alpha value is -2.16. The fourth-order valence-corrected chi connectivity index (χ4v) is 5.33. The van der Waals surface area contributed by atoms with Gasteiger partial charge in [0, 0.05) is 57.2 Å². The molecule has 0 N–H and O–H groups in total. The highest BCUT2D eigenvalue weighted by Crippen LogP contribution is 2.35. The molecule has 6 nitrogen and oxygen atoms in total. The lowest BCUT2D eigenvalue weighted by Gasteiger charge is -2.36. The van der Waals surface area contributed by atoms with E-state index < -0.39 is 10.0 Å². The van der Waals surface area contributed by atoms with E-state index in [1.165, 1.54) is 6.07 Å². The summed E-state index contributed by atoms with van der Waals surface area (Å²) in [5, 5.41) is 0. The van der Waals surface area contributed by atoms with Crippen molar-refractivity contribution in [3.05, 3.63) is 53.8 Å². The van der Waals surface area contributed by atoms with Gasteiger partial charge in [0.05, 0.1) is 11.4 Å². The van der Waals surface area contributed by atoms with Gasteiger partial charge in [-0.2, -0.15) is 4.31 Å². The van der Waals surface area contributed by atoms with E-state index in [2.05, 4.69) is 39.9 Å². The van der Waals surface area contributed by atoms with Crippen LogP contribution in [0, 0.1) is 5.82 Å². The van der Waals surface area contributed by atoms with Crippen LogP contribution in [0.5, 0.6) is 0 Å². The molecule has 8 heteroatoms. The van der Waals surface area contributed by atoms with Crippen LogP contribution in [0.25, 0.3) is 0 Å². The lowest BCUT2D eigenvalue weighted by molar-refractivity contribution is 0.343. The average molecular weight is 433 g/mol. The first-order valence-corrected chi connectivity index (χ1v) is 12.1. The van der Waals surface area contributed by atoms with Gasteiger partial charge in [0.1, 0.15) is 5.82 Å². The molecule has 0 spiro atoms. The largest absolute Gasteiger partial charge is 0.369 e. The fourth-order valence-electron chi connectivity index (χ4n) is 4.25. The summed E-state index contributed by atoms with van der Waals surface area (Å²) in [5.74, 6) is -0.0744. The Morgan fingerprint density at radius 3 is 2.37 bits per heavy atom. The van der Waals surface area contributed by atoms with Gasteiger partial charge in [-0.3, -0.25) is 0 Å². The van der Waals surface area contributed by atoms with Crippen molar-refractivity contribution in [3.63, 3.8) is 0 Å². The summed E-state index contributed by atoms with van der Waals surface area (Å²) in [4.78, 5) is 6.54. The van der Waals surface area contributed by atoms with E-state index in [4.69, 9.17) is 0 Å². The zero-order chi connectivity index (χ0) is 21.3. The maximum Gasteiger partial charge on any atom is 0.213 e. The third-order valence-corrected chi connectivity index (χ3v) is 7.89. The van der Waals surface area contributed by atoms with Gasteiger partial charge in [-0.05, 0) is 49.9 Å². The van der Waals surface area contributed by atoms with Gasteiger partial charge in [0.15, 0.2) is 0 Å². The fraction of sp³-hybridized carbons (Fsp3) is 0.455. The molecule has 2 heterocycles. The van der Waals surface area contributed by atoms with E-state index >= 15 is 0 Å². The van der Waals surface area contributed by atoms with Crippen molar-refractivity contribution in [2.24, 2.45) is 0 Å². The number of fused-ring (bicyclic) bond motifs is 1. The quantitative estimate of drug-likeness (QED) is 0.744. The number of piperazine rings is 1. The first-order valence-electron chi connectivity index (χ1n) is 10.5. The van der Waals surface area contributed by atoms with Gasteiger partial charge in [-0.25, -0.2) is 12.8 Å². The van der Waals surface area contributed by atoms with Gasteiger partial charge in [0.25, 0.3) is 0 Å². The van der Waals surface area contributed by atoms with Crippen LogP contribution in [0.3, 0.4) is 0 Å². The van der Waals surface area contributed by atoms with Crippen molar-refractivity contribution >= 4 is 27.1 Å². The number of anilines is 3. The predicted molar refractivity (Wildman–Crippen MR) is 119 cm³/mol. The summed E-state index contributed by atoms with van der Waals surface area (Å²) in [6.45, 7) is 6.40. The monoisotopic (exact) mass is 432 g/mol. The lowest BCUT2D eigenvalue weighted by Crippen LogP contribution is -2.49. The second kappa shape index (κ2) is 8.53. The van der Waals surface area contributed by atoms with Crippen LogP contribution >= 0.6 is 0 Å². The normalized spacial score (nSPS) is 18.9. The first-order chi connectivity index (χ1) is 14.4. The molecule has 0 aliphatic carbocycles. The third kappa shape index (κ3) is 4.17. The van der Waals surface area contributed by atoms with Gasteiger partial charge in [0.2, 0.25) is 10.0 Å². The Morgan fingerprint density at radius 2 is 1.67 bits per heavy atom. The zero-order valence-electron chi connectivity index (χ0n) is 17.6. The highest BCUT2D eigenvalue weighted by atomic mass is 32.2. The molecule has 1 fully saturated rings. The number of hydrogen-bond donors (Lipinski definition) is 0. The standard InChI is InChI=1S/C22H29FN4O2S/c1-3-30(28,29)26-13-11-25(12-14-26)19-8-9-21-18(16-19)17-24(2)10-15-27(21)22-7-5-4-6-20(22)23/h4-9,16H,3,10-15,17H2,1-2H3. The van der Waals surface area contributed by atoms with Gasteiger partial charge in [-0.1, -0.05) is 12.1 Å². The Bertz CT molecular complexity index is 1010. The van der Waals surface area contributed by atoms with Crippen molar-refractivity contribution < 1.29 is 12.8 Å². The van der Waals surface area contributed by atoms with Crippen LogP contribution in [-0.4, -0.2) is 69.7 Å². The van der Waals surface area contributed by atoms with Gasteiger partial charge < -0.3 is 14.7 Å². The van der Waals surface area contributed by atoms with Crippen molar-refractivity contribution in [2.45, 2.75) is 13.5 Å². The minimum Gasteiger partial charge on any atom is -0.369 e. The summed E-state index contributed by atoms with van der Waals surface area (Å²) in [6, 6.07) is 13.2. The number of halogens is 1. The Kier molecular flexibility index (Phi) is 5.99. The minimum atomic E-state index is -3.14. The predicted octanol–water partition coefficient (Wildman–Crippen LogP) is 2.88. The summed E-state index contributed by atoms with van der Waals surface area (Å²) in [7, 11) is -1.06. The van der Waals surface area contributed by atoms with Crippen LogP contribution in [0.1, 0.15) is 12.5 Å². The smallest absolute Gasteiger partial charge is 0.213 e. The van der Waals surface area contributed by atoms with Crippen molar-refractivity contribution in [1.82, 2.24) is 9.21 Å². The van der Waals surface area contributed by atoms with E-state index in [9.17, 15) is 12.8 Å². The molecule has 2 aliphatic heterocycles. The summed E-state index contributed by atoms with van der Waals surface area (Å²) < 4.78 is 40.4. The maximum atomic E-state index is 14.5. The Balaban J connectivity index is 1.60. The lowest BCUT2D eigenvalue weighted by atomic mass is 10.1. The molecule has 4 rings (SSSR count). The number of rotatable bonds is 4. The van der Waals surface area contributed by atoms with E-state index in [0.29, 0.717) is 31.9 Å². The van der Waals surface area contributed by atoms with Crippen LogP contribution in [0.2, 0.25) is 0 Å². The van der Waals surface area contributed by atoms with Gasteiger partial charge in [-0.15, -0.1) is 0 Å². The molecular weight excluding hydrogens is 403 g/mol. The number of likely N-dealkylation sites (N-methyl/N-ethyl adjacent to an activating group) is 1. The summed E-state index contributed by atoms with van der Waals surface area (Å²) in [6.07, 6.45) is 0. The number of nitrogens with zero attached hydrogens (tertiary/aromatic N) is 4. The Labute approximate surface area is 178 Å². The molecule has 0 radical (unpaired) electrons. The van der Waals surface area contributed by atoms with Gasteiger partial charge >= 0.3 is 0 Å². The first kappa shape index (κ1) is 21.1. The minimum absolute atomic E-state index is 0.143. The number of benzene rings is 2. The van der Waals surface area contributed by atoms with Crippen LogP contribution in [0.15, 0.2) is 42.5 Å². The van der Waals surface area contributed by atoms with E-state index in [1.54, 1.807) is 17.3 Å². The summed E-state index contributed by atoms with van der Waals surface area (Å²) >= 11 is 0. The SMILES string of the molecule is CCS(=O)(=O)N1CCN(c2ccc3c(c2)CN(C)CCN3c2ccccc2F)CC1. The molecule has 0 unspecified atom stereocenters. The molecule has 0 bridgehead atoms. The maximum absolute atomic E-state index is 14.5. The van der Waals surface area contributed by atoms with E-state index in [-0.39, 0.29) is 11.6 Å². The topological polar surface area (TPSA) is 47.1 Å². The molecule has 2 aromatic rings.